The summed E-state index contributed by atoms with van der Waals surface area (Å²) in [6.45, 7) is 1.85. The summed E-state index contributed by atoms with van der Waals surface area (Å²) in [6, 6.07) is 1.12. The van der Waals surface area contributed by atoms with Gasteiger partial charge in [-0.25, -0.2) is 9.29 Å². The molecule has 4 nitrogen and oxygen atoms in total. The number of hydrogen-bond donors (Lipinski definition) is 0. The standard InChI is InChI=1S/C18H17ClFNO3/c1-9-6-12-16(14(20)8-13(19)17(12)24-9)21-15(22)7-10-4-2-3-5-11(10)18(21)23/h8-9H,2-7H2,1H3. The molecular formula is C18H17ClFNO3. The highest BCUT2D eigenvalue weighted by Crippen LogP contribution is 2.45. The second-order valence-electron chi connectivity index (χ2n) is 6.63. The Morgan fingerprint density at radius 1 is 1.29 bits per heavy atom. The molecular weight excluding hydrogens is 333 g/mol. The predicted octanol–water partition coefficient (Wildman–Crippen LogP) is 3.94. The number of hydrogen-bond acceptors (Lipinski definition) is 3. The molecule has 1 aromatic rings. The van der Waals surface area contributed by atoms with Crippen LogP contribution in [0.25, 0.3) is 0 Å². The number of fused-ring (bicyclic) bond motifs is 1. The van der Waals surface area contributed by atoms with E-state index in [1.54, 1.807) is 0 Å². The number of nitrogens with zero attached hydrogens (tertiary/aromatic N) is 1. The Bertz CT molecular complexity index is 802. The Balaban J connectivity index is 1.85. The zero-order chi connectivity index (χ0) is 17.0. The highest BCUT2D eigenvalue weighted by Gasteiger charge is 2.40. The highest BCUT2D eigenvalue weighted by molar-refractivity contribution is 6.32. The zero-order valence-corrected chi connectivity index (χ0v) is 14.1. The van der Waals surface area contributed by atoms with E-state index in [2.05, 4.69) is 0 Å². The van der Waals surface area contributed by atoms with Crippen molar-refractivity contribution in [2.45, 2.75) is 51.6 Å². The van der Waals surface area contributed by atoms with E-state index in [1.165, 1.54) is 0 Å². The first-order valence-corrected chi connectivity index (χ1v) is 8.61. The van der Waals surface area contributed by atoms with Crippen molar-refractivity contribution in [1.82, 2.24) is 0 Å². The molecule has 24 heavy (non-hydrogen) atoms. The van der Waals surface area contributed by atoms with Crippen LogP contribution in [-0.4, -0.2) is 17.9 Å². The number of benzene rings is 1. The van der Waals surface area contributed by atoms with Crippen molar-refractivity contribution < 1.29 is 18.7 Å². The monoisotopic (exact) mass is 349 g/mol. The summed E-state index contributed by atoms with van der Waals surface area (Å²) in [4.78, 5) is 26.5. The van der Waals surface area contributed by atoms with Gasteiger partial charge in [0.05, 0.1) is 10.7 Å². The maximum Gasteiger partial charge on any atom is 0.261 e. The van der Waals surface area contributed by atoms with Crippen molar-refractivity contribution in [2.24, 2.45) is 0 Å². The van der Waals surface area contributed by atoms with Gasteiger partial charge in [-0.3, -0.25) is 9.59 Å². The minimum Gasteiger partial charge on any atom is -0.488 e. The lowest BCUT2D eigenvalue weighted by atomic mass is 9.86. The lowest BCUT2D eigenvalue weighted by Crippen LogP contribution is -2.43. The molecule has 0 saturated carbocycles. The molecule has 0 bridgehead atoms. The van der Waals surface area contributed by atoms with Crippen LogP contribution in [0.3, 0.4) is 0 Å². The third-order valence-corrected chi connectivity index (χ3v) is 5.23. The topological polar surface area (TPSA) is 46.6 Å². The van der Waals surface area contributed by atoms with Crippen molar-refractivity contribution in [3.8, 4) is 5.75 Å². The molecule has 126 valence electrons. The van der Waals surface area contributed by atoms with Gasteiger partial charge in [-0.15, -0.1) is 0 Å². The Hall–Kier alpha value is -1.88. The van der Waals surface area contributed by atoms with E-state index < -0.39 is 5.82 Å². The molecule has 0 radical (unpaired) electrons. The Kier molecular flexibility index (Phi) is 3.64. The number of ether oxygens (including phenoxy) is 1. The van der Waals surface area contributed by atoms with Crippen molar-refractivity contribution >= 4 is 29.1 Å². The summed E-state index contributed by atoms with van der Waals surface area (Å²) in [5, 5.41) is 0.171. The smallest absolute Gasteiger partial charge is 0.261 e. The Morgan fingerprint density at radius 3 is 2.83 bits per heavy atom. The number of carbonyl (C=O) groups is 2. The minimum atomic E-state index is -0.655. The van der Waals surface area contributed by atoms with Crippen LogP contribution >= 0.6 is 11.6 Å². The number of imide groups is 1. The number of amides is 2. The SMILES string of the molecule is CC1Cc2c(c(Cl)cc(F)c2N2C(=O)CC3=C(CCCC3)C2=O)O1. The fourth-order valence-corrected chi connectivity index (χ4v) is 4.14. The van der Waals surface area contributed by atoms with E-state index in [0.29, 0.717) is 29.7 Å². The maximum atomic E-state index is 14.7. The summed E-state index contributed by atoms with van der Waals surface area (Å²) in [5.74, 6) is -1.03. The summed E-state index contributed by atoms with van der Waals surface area (Å²) in [5.41, 5.74) is 2.12. The molecule has 1 aliphatic carbocycles. The molecule has 6 heteroatoms. The fourth-order valence-electron chi connectivity index (χ4n) is 3.89. The van der Waals surface area contributed by atoms with E-state index in [0.717, 1.165) is 35.8 Å². The summed E-state index contributed by atoms with van der Waals surface area (Å²) in [7, 11) is 0. The lowest BCUT2D eigenvalue weighted by Gasteiger charge is -2.32. The molecule has 4 rings (SSSR count). The molecule has 2 aliphatic heterocycles. The normalized spacial score (nSPS) is 23.3. The van der Waals surface area contributed by atoms with Gasteiger partial charge in [0.1, 0.15) is 17.7 Å². The Morgan fingerprint density at radius 2 is 2.04 bits per heavy atom. The van der Waals surface area contributed by atoms with E-state index in [4.69, 9.17) is 16.3 Å². The third-order valence-electron chi connectivity index (χ3n) is 4.95. The number of rotatable bonds is 1. The molecule has 3 aliphatic rings. The molecule has 0 aromatic heterocycles. The van der Waals surface area contributed by atoms with Crippen LogP contribution in [0.4, 0.5) is 10.1 Å². The van der Waals surface area contributed by atoms with E-state index >= 15 is 0 Å². The Labute approximate surface area is 144 Å². The van der Waals surface area contributed by atoms with Gasteiger partial charge in [-0.2, -0.15) is 0 Å². The van der Waals surface area contributed by atoms with Crippen LogP contribution in [0.15, 0.2) is 17.2 Å². The number of carbonyl (C=O) groups excluding carboxylic acids is 2. The van der Waals surface area contributed by atoms with Crippen LogP contribution in [-0.2, 0) is 16.0 Å². The van der Waals surface area contributed by atoms with Gasteiger partial charge < -0.3 is 4.74 Å². The van der Waals surface area contributed by atoms with Gasteiger partial charge in [-0.05, 0) is 38.7 Å². The largest absolute Gasteiger partial charge is 0.488 e. The van der Waals surface area contributed by atoms with Gasteiger partial charge in [0.15, 0.2) is 0 Å². The molecule has 0 fully saturated rings. The summed E-state index contributed by atoms with van der Waals surface area (Å²) >= 11 is 6.07. The molecule has 2 heterocycles. The average Bonchev–Trinajstić information content (AvgIpc) is 2.92. The molecule has 0 N–H and O–H groups in total. The molecule has 2 amide bonds. The zero-order valence-electron chi connectivity index (χ0n) is 13.3. The quantitative estimate of drug-likeness (QED) is 0.721. The van der Waals surface area contributed by atoms with E-state index in [-0.39, 0.29) is 35.0 Å². The van der Waals surface area contributed by atoms with Crippen molar-refractivity contribution in [2.75, 3.05) is 4.90 Å². The predicted molar refractivity (Wildman–Crippen MR) is 87.8 cm³/mol. The van der Waals surface area contributed by atoms with Gasteiger partial charge in [0.25, 0.3) is 5.91 Å². The fraction of sp³-hybridized carbons (Fsp3) is 0.444. The lowest BCUT2D eigenvalue weighted by molar-refractivity contribution is -0.125. The van der Waals surface area contributed by atoms with Crippen LogP contribution in [0.5, 0.6) is 5.75 Å². The van der Waals surface area contributed by atoms with Crippen molar-refractivity contribution in [3.05, 3.63) is 33.6 Å². The summed E-state index contributed by atoms with van der Waals surface area (Å²) in [6.07, 6.45) is 3.80. The van der Waals surface area contributed by atoms with Gasteiger partial charge in [0, 0.05) is 24.0 Å². The van der Waals surface area contributed by atoms with Gasteiger partial charge in [-0.1, -0.05) is 17.2 Å². The van der Waals surface area contributed by atoms with Crippen LogP contribution in [0.1, 0.15) is 44.6 Å². The molecule has 1 atom stereocenters. The van der Waals surface area contributed by atoms with Crippen molar-refractivity contribution in [1.29, 1.82) is 0 Å². The second kappa shape index (κ2) is 5.59. The molecule has 0 spiro atoms. The first-order chi connectivity index (χ1) is 11.5. The highest BCUT2D eigenvalue weighted by atomic mass is 35.5. The molecule has 0 saturated heterocycles. The number of anilines is 1. The average molecular weight is 350 g/mol. The minimum absolute atomic E-state index is 0.0193. The second-order valence-corrected chi connectivity index (χ2v) is 7.04. The number of halogens is 2. The summed E-state index contributed by atoms with van der Waals surface area (Å²) < 4.78 is 20.3. The third kappa shape index (κ3) is 2.25. The van der Waals surface area contributed by atoms with Crippen LogP contribution < -0.4 is 9.64 Å². The van der Waals surface area contributed by atoms with Gasteiger partial charge in [0.2, 0.25) is 5.91 Å². The van der Waals surface area contributed by atoms with Crippen molar-refractivity contribution in [3.63, 3.8) is 0 Å². The first kappa shape index (κ1) is 15.6. The van der Waals surface area contributed by atoms with Gasteiger partial charge >= 0.3 is 0 Å². The van der Waals surface area contributed by atoms with E-state index in [1.807, 2.05) is 6.92 Å². The van der Waals surface area contributed by atoms with Crippen LogP contribution in [0.2, 0.25) is 5.02 Å². The molecule has 1 unspecified atom stereocenters. The van der Waals surface area contributed by atoms with Crippen LogP contribution in [0, 0.1) is 5.82 Å². The molecule has 1 aromatic carbocycles. The van der Waals surface area contributed by atoms with E-state index in [9.17, 15) is 14.0 Å². The maximum absolute atomic E-state index is 14.7. The first-order valence-electron chi connectivity index (χ1n) is 8.23.